The van der Waals surface area contributed by atoms with Gasteiger partial charge in [-0.05, 0) is 57.8 Å². The molecule has 2 heteroatoms. The van der Waals surface area contributed by atoms with Crippen LogP contribution in [0, 0.1) is 11.8 Å². The molecule has 0 heterocycles. The van der Waals surface area contributed by atoms with Crippen molar-refractivity contribution in [1.82, 2.24) is 4.90 Å². The van der Waals surface area contributed by atoms with Gasteiger partial charge in [-0.15, -0.1) is 0 Å². The minimum absolute atomic E-state index is 0.783. The van der Waals surface area contributed by atoms with Crippen LogP contribution in [0.2, 0.25) is 0 Å². The second kappa shape index (κ2) is 8.25. The van der Waals surface area contributed by atoms with E-state index in [2.05, 4.69) is 32.7 Å². The molecule has 86 valence electrons. The molecule has 0 amide bonds. The van der Waals surface area contributed by atoms with Crippen LogP contribution in [0.3, 0.4) is 0 Å². The highest BCUT2D eigenvalue weighted by Crippen LogP contribution is 2.20. The molecule has 0 saturated heterocycles. The molecule has 0 aromatic heterocycles. The molecule has 0 radical (unpaired) electrons. The van der Waals surface area contributed by atoms with Gasteiger partial charge in [0.2, 0.25) is 0 Å². The van der Waals surface area contributed by atoms with E-state index in [0.717, 1.165) is 24.9 Å². The third-order valence-electron chi connectivity index (χ3n) is 3.13. The van der Waals surface area contributed by atoms with E-state index in [1.165, 1.54) is 25.8 Å². The summed E-state index contributed by atoms with van der Waals surface area (Å²) < 4.78 is 0. The first-order chi connectivity index (χ1) is 6.61. The standard InChI is InChI=1S/C12H28N2/c1-5-14(4)10-6-7-12(8-9-13)11(2)3/h11-12H,5-10,13H2,1-4H3. The Labute approximate surface area is 89.9 Å². The fourth-order valence-corrected chi connectivity index (χ4v) is 1.81. The molecule has 1 unspecified atom stereocenters. The molecule has 2 N–H and O–H groups in total. The number of rotatable bonds is 8. The minimum atomic E-state index is 0.783. The van der Waals surface area contributed by atoms with Crippen LogP contribution < -0.4 is 5.73 Å². The van der Waals surface area contributed by atoms with Crippen molar-refractivity contribution < 1.29 is 0 Å². The highest BCUT2D eigenvalue weighted by Gasteiger charge is 2.11. The maximum absolute atomic E-state index is 5.61. The minimum Gasteiger partial charge on any atom is -0.330 e. The number of nitrogens with two attached hydrogens (primary N) is 1. The van der Waals surface area contributed by atoms with E-state index in [4.69, 9.17) is 5.73 Å². The van der Waals surface area contributed by atoms with Gasteiger partial charge >= 0.3 is 0 Å². The molecule has 0 aliphatic carbocycles. The molecule has 0 aliphatic heterocycles. The zero-order chi connectivity index (χ0) is 11.0. The summed E-state index contributed by atoms with van der Waals surface area (Å²) in [5.74, 6) is 1.61. The Morgan fingerprint density at radius 3 is 2.29 bits per heavy atom. The number of hydrogen-bond donors (Lipinski definition) is 1. The molecule has 0 saturated carbocycles. The summed E-state index contributed by atoms with van der Waals surface area (Å²) >= 11 is 0. The first kappa shape index (κ1) is 13.9. The highest BCUT2D eigenvalue weighted by atomic mass is 15.1. The van der Waals surface area contributed by atoms with Crippen molar-refractivity contribution in [1.29, 1.82) is 0 Å². The quantitative estimate of drug-likeness (QED) is 0.651. The maximum Gasteiger partial charge on any atom is -0.00218 e. The van der Waals surface area contributed by atoms with Gasteiger partial charge < -0.3 is 10.6 Å². The normalized spacial score (nSPS) is 13.9. The SMILES string of the molecule is CCN(C)CCCC(CCN)C(C)C. The zero-order valence-corrected chi connectivity index (χ0v) is 10.4. The first-order valence-electron chi connectivity index (χ1n) is 6.00. The first-order valence-corrected chi connectivity index (χ1v) is 6.00. The van der Waals surface area contributed by atoms with Gasteiger partial charge in [0.05, 0.1) is 0 Å². The van der Waals surface area contributed by atoms with Gasteiger partial charge in [-0.2, -0.15) is 0 Å². The van der Waals surface area contributed by atoms with Crippen molar-refractivity contribution in [2.45, 2.75) is 40.0 Å². The third-order valence-corrected chi connectivity index (χ3v) is 3.13. The summed E-state index contributed by atoms with van der Waals surface area (Å²) in [6, 6.07) is 0. The number of nitrogens with zero attached hydrogens (tertiary/aromatic N) is 1. The Balaban J connectivity index is 3.60. The van der Waals surface area contributed by atoms with E-state index < -0.39 is 0 Å². The van der Waals surface area contributed by atoms with E-state index in [9.17, 15) is 0 Å². The van der Waals surface area contributed by atoms with Gasteiger partial charge in [0, 0.05) is 0 Å². The van der Waals surface area contributed by atoms with Crippen LogP contribution in [-0.4, -0.2) is 31.6 Å². The van der Waals surface area contributed by atoms with Crippen LogP contribution in [0.1, 0.15) is 40.0 Å². The molecule has 1 atom stereocenters. The van der Waals surface area contributed by atoms with Gasteiger partial charge in [0.25, 0.3) is 0 Å². The molecular formula is C12H28N2. The second-order valence-corrected chi connectivity index (χ2v) is 4.62. The van der Waals surface area contributed by atoms with Gasteiger partial charge in [-0.3, -0.25) is 0 Å². The highest BCUT2D eigenvalue weighted by molar-refractivity contribution is 4.64. The Morgan fingerprint density at radius 1 is 1.21 bits per heavy atom. The third kappa shape index (κ3) is 6.39. The molecule has 14 heavy (non-hydrogen) atoms. The van der Waals surface area contributed by atoms with E-state index in [1.807, 2.05) is 0 Å². The molecule has 0 aromatic rings. The Hall–Kier alpha value is -0.0800. The average molecular weight is 200 g/mol. The second-order valence-electron chi connectivity index (χ2n) is 4.62. The molecule has 2 nitrogen and oxygen atoms in total. The molecule has 0 fully saturated rings. The topological polar surface area (TPSA) is 29.3 Å². The van der Waals surface area contributed by atoms with Crippen LogP contribution in [0.25, 0.3) is 0 Å². The lowest BCUT2D eigenvalue weighted by Gasteiger charge is -2.21. The van der Waals surface area contributed by atoms with Gasteiger partial charge in [0.15, 0.2) is 0 Å². The van der Waals surface area contributed by atoms with Gasteiger partial charge in [-0.25, -0.2) is 0 Å². The predicted octanol–water partition coefficient (Wildman–Crippen LogP) is 2.34. The van der Waals surface area contributed by atoms with Gasteiger partial charge in [0.1, 0.15) is 0 Å². The molecular weight excluding hydrogens is 172 g/mol. The summed E-state index contributed by atoms with van der Waals surface area (Å²) in [6.45, 7) is 10.0. The summed E-state index contributed by atoms with van der Waals surface area (Å²) in [5.41, 5.74) is 5.61. The zero-order valence-electron chi connectivity index (χ0n) is 10.4. The smallest absolute Gasteiger partial charge is 0.00218 e. The van der Waals surface area contributed by atoms with Crippen molar-refractivity contribution >= 4 is 0 Å². The van der Waals surface area contributed by atoms with E-state index in [-0.39, 0.29) is 0 Å². The van der Waals surface area contributed by atoms with Crippen molar-refractivity contribution in [3.05, 3.63) is 0 Å². The number of hydrogen-bond acceptors (Lipinski definition) is 2. The van der Waals surface area contributed by atoms with Crippen molar-refractivity contribution in [2.75, 3.05) is 26.7 Å². The Bertz CT molecular complexity index is 123. The van der Waals surface area contributed by atoms with Crippen LogP contribution in [0.5, 0.6) is 0 Å². The van der Waals surface area contributed by atoms with Crippen LogP contribution in [-0.2, 0) is 0 Å². The van der Waals surface area contributed by atoms with Crippen molar-refractivity contribution in [3.8, 4) is 0 Å². The molecule has 0 spiro atoms. The lowest BCUT2D eigenvalue weighted by atomic mass is 9.88. The summed E-state index contributed by atoms with van der Waals surface area (Å²) in [7, 11) is 2.19. The van der Waals surface area contributed by atoms with E-state index in [1.54, 1.807) is 0 Å². The van der Waals surface area contributed by atoms with Crippen LogP contribution in [0.4, 0.5) is 0 Å². The van der Waals surface area contributed by atoms with E-state index in [0.29, 0.717) is 0 Å². The molecule has 0 rings (SSSR count). The van der Waals surface area contributed by atoms with Crippen molar-refractivity contribution in [3.63, 3.8) is 0 Å². The molecule has 0 bridgehead atoms. The fraction of sp³-hybridized carbons (Fsp3) is 1.00. The maximum atomic E-state index is 5.61. The summed E-state index contributed by atoms with van der Waals surface area (Å²) in [4.78, 5) is 2.37. The summed E-state index contributed by atoms with van der Waals surface area (Å²) in [6.07, 6.45) is 3.83. The summed E-state index contributed by atoms with van der Waals surface area (Å²) in [5, 5.41) is 0. The predicted molar refractivity (Wildman–Crippen MR) is 64.4 cm³/mol. The van der Waals surface area contributed by atoms with Crippen LogP contribution in [0.15, 0.2) is 0 Å². The van der Waals surface area contributed by atoms with E-state index >= 15 is 0 Å². The molecule has 0 aromatic carbocycles. The Morgan fingerprint density at radius 2 is 1.86 bits per heavy atom. The largest absolute Gasteiger partial charge is 0.330 e. The Kier molecular flexibility index (Phi) is 8.20. The van der Waals surface area contributed by atoms with Crippen molar-refractivity contribution in [2.24, 2.45) is 17.6 Å². The monoisotopic (exact) mass is 200 g/mol. The fourth-order valence-electron chi connectivity index (χ4n) is 1.81. The average Bonchev–Trinajstić information content (AvgIpc) is 2.16. The molecule has 0 aliphatic rings. The lowest BCUT2D eigenvalue weighted by molar-refractivity contribution is 0.289. The van der Waals surface area contributed by atoms with Gasteiger partial charge in [-0.1, -0.05) is 20.8 Å². The van der Waals surface area contributed by atoms with Crippen LogP contribution >= 0.6 is 0 Å². The lowest BCUT2D eigenvalue weighted by Crippen LogP contribution is -2.21.